The van der Waals surface area contributed by atoms with Gasteiger partial charge in [-0.2, -0.15) is 0 Å². The Bertz CT molecular complexity index is 669. The van der Waals surface area contributed by atoms with E-state index in [1.807, 2.05) is 55.3 Å². The van der Waals surface area contributed by atoms with Gasteiger partial charge in [0.15, 0.2) is 0 Å². The largest absolute Gasteiger partial charge is 0.329 e. The molecule has 0 aliphatic carbocycles. The van der Waals surface area contributed by atoms with Crippen molar-refractivity contribution in [1.29, 1.82) is 0 Å². The van der Waals surface area contributed by atoms with Crippen molar-refractivity contribution in [2.24, 2.45) is 0 Å². The topological polar surface area (TPSA) is 45.2 Å². The van der Waals surface area contributed by atoms with Gasteiger partial charge in [-0.05, 0) is 37.1 Å². The van der Waals surface area contributed by atoms with E-state index in [2.05, 4.69) is 10.3 Å². The summed E-state index contributed by atoms with van der Waals surface area (Å²) < 4.78 is 0. The summed E-state index contributed by atoms with van der Waals surface area (Å²) in [4.78, 5) is 19.2. The van der Waals surface area contributed by atoms with Crippen LogP contribution in [0.3, 0.4) is 0 Å². The number of amides is 1. The zero-order valence-electron chi connectivity index (χ0n) is 13.0. The average Bonchev–Trinajstić information content (AvgIpc) is 2.57. The Hall–Kier alpha value is -2.20. The predicted molar refractivity (Wildman–Crippen MR) is 86.8 cm³/mol. The van der Waals surface area contributed by atoms with Crippen LogP contribution in [-0.2, 0) is 0 Å². The molecule has 1 unspecified atom stereocenters. The SMILES string of the molecule is Cc1ccc(C)c(C(=O)N2CCNCC2c2cccnc2)c1. The number of benzene rings is 1. The van der Waals surface area contributed by atoms with E-state index >= 15 is 0 Å². The third-order valence-electron chi connectivity index (χ3n) is 4.20. The molecule has 0 radical (unpaired) electrons. The number of carbonyl (C=O) groups excluding carboxylic acids is 1. The number of nitrogens with zero attached hydrogens (tertiary/aromatic N) is 2. The molecule has 1 aromatic heterocycles. The lowest BCUT2D eigenvalue weighted by Crippen LogP contribution is -2.48. The zero-order valence-corrected chi connectivity index (χ0v) is 13.0. The molecule has 0 bridgehead atoms. The molecule has 2 aromatic rings. The number of hydrogen-bond donors (Lipinski definition) is 1. The second kappa shape index (κ2) is 6.28. The van der Waals surface area contributed by atoms with Gasteiger partial charge in [-0.3, -0.25) is 9.78 Å². The first-order valence-corrected chi connectivity index (χ1v) is 7.65. The minimum Gasteiger partial charge on any atom is -0.329 e. The van der Waals surface area contributed by atoms with Gasteiger partial charge in [0.25, 0.3) is 5.91 Å². The maximum Gasteiger partial charge on any atom is 0.254 e. The molecule has 2 heterocycles. The monoisotopic (exact) mass is 295 g/mol. The molecule has 1 saturated heterocycles. The normalized spacial score (nSPS) is 18.3. The first-order chi connectivity index (χ1) is 10.7. The minimum atomic E-state index is 0.0369. The Labute approximate surface area is 131 Å². The molecule has 1 N–H and O–H groups in total. The second-order valence-electron chi connectivity index (χ2n) is 5.82. The molecule has 1 fully saturated rings. The molecule has 1 aromatic carbocycles. The highest BCUT2D eigenvalue weighted by Crippen LogP contribution is 2.24. The average molecular weight is 295 g/mol. The third-order valence-corrected chi connectivity index (χ3v) is 4.20. The number of aryl methyl sites for hydroxylation is 2. The summed E-state index contributed by atoms with van der Waals surface area (Å²) in [5.74, 6) is 0.108. The first-order valence-electron chi connectivity index (χ1n) is 7.65. The van der Waals surface area contributed by atoms with Crippen LogP contribution in [0.25, 0.3) is 0 Å². The van der Waals surface area contributed by atoms with Crippen molar-refractivity contribution in [3.05, 3.63) is 65.0 Å². The quantitative estimate of drug-likeness (QED) is 0.926. The summed E-state index contributed by atoms with van der Waals surface area (Å²) in [6.07, 6.45) is 3.61. The van der Waals surface area contributed by atoms with Crippen molar-refractivity contribution < 1.29 is 4.79 Å². The molecule has 4 heteroatoms. The molecule has 0 saturated carbocycles. The number of rotatable bonds is 2. The van der Waals surface area contributed by atoms with E-state index in [9.17, 15) is 4.79 Å². The maximum absolute atomic E-state index is 13.0. The summed E-state index contributed by atoms with van der Waals surface area (Å²) in [5, 5.41) is 3.37. The van der Waals surface area contributed by atoms with Gasteiger partial charge < -0.3 is 10.2 Å². The van der Waals surface area contributed by atoms with Crippen molar-refractivity contribution in [3.8, 4) is 0 Å². The Morgan fingerprint density at radius 1 is 1.32 bits per heavy atom. The zero-order chi connectivity index (χ0) is 15.5. The lowest BCUT2D eigenvalue weighted by molar-refractivity contribution is 0.0633. The number of pyridine rings is 1. The highest BCUT2D eigenvalue weighted by atomic mass is 16.2. The molecule has 1 aliphatic heterocycles. The van der Waals surface area contributed by atoms with E-state index in [1.54, 1.807) is 6.20 Å². The highest BCUT2D eigenvalue weighted by Gasteiger charge is 2.29. The third kappa shape index (κ3) is 2.88. The summed E-state index contributed by atoms with van der Waals surface area (Å²) in [5.41, 5.74) is 4.02. The lowest BCUT2D eigenvalue weighted by atomic mass is 10.0. The van der Waals surface area contributed by atoms with Crippen molar-refractivity contribution in [3.63, 3.8) is 0 Å². The van der Waals surface area contributed by atoms with E-state index in [4.69, 9.17) is 0 Å². The molecule has 4 nitrogen and oxygen atoms in total. The fraction of sp³-hybridized carbons (Fsp3) is 0.333. The summed E-state index contributed by atoms with van der Waals surface area (Å²) in [7, 11) is 0. The summed E-state index contributed by atoms with van der Waals surface area (Å²) in [6, 6.07) is 10.0. The van der Waals surface area contributed by atoms with Crippen LogP contribution in [-0.4, -0.2) is 35.4 Å². The van der Waals surface area contributed by atoms with E-state index < -0.39 is 0 Å². The number of piperazine rings is 1. The second-order valence-corrected chi connectivity index (χ2v) is 5.82. The molecule has 114 valence electrons. The fourth-order valence-corrected chi connectivity index (χ4v) is 2.94. The van der Waals surface area contributed by atoms with Crippen LogP contribution in [0.15, 0.2) is 42.7 Å². The molecule has 22 heavy (non-hydrogen) atoms. The molecule has 1 atom stereocenters. The van der Waals surface area contributed by atoms with Crippen molar-refractivity contribution in [2.45, 2.75) is 19.9 Å². The van der Waals surface area contributed by atoms with Gasteiger partial charge in [0.05, 0.1) is 6.04 Å². The number of carbonyl (C=O) groups is 1. The van der Waals surface area contributed by atoms with E-state index in [0.29, 0.717) is 6.54 Å². The molecular weight excluding hydrogens is 274 g/mol. The molecule has 1 amide bonds. The van der Waals surface area contributed by atoms with Crippen LogP contribution in [0.1, 0.15) is 33.1 Å². The Morgan fingerprint density at radius 2 is 2.18 bits per heavy atom. The summed E-state index contributed by atoms with van der Waals surface area (Å²) >= 11 is 0. The van der Waals surface area contributed by atoms with Crippen molar-refractivity contribution in [2.75, 3.05) is 19.6 Å². The van der Waals surface area contributed by atoms with Crippen LogP contribution >= 0.6 is 0 Å². The molecular formula is C18H21N3O. The van der Waals surface area contributed by atoms with Crippen LogP contribution in [0, 0.1) is 13.8 Å². The number of nitrogens with one attached hydrogen (secondary N) is 1. The smallest absolute Gasteiger partial charge is 0.254 e. The predicted octanol–water partition coefficient (Wildman–Crippen LogP) is 2.49. The van der Waals surface area contributed by atoms with Gasteiger partial charge in [-0.15, -0.1) is 0 Å². The minimum absolute atomic E-state index is 0.0369. The highest BCUT2D eigenvalue weighted by molar-refractivity contribution is 5.96. The van der Waals surface area contributed by atoms with Crippen LogP contribution in [0.2, 0.25) is 0 Å². The molecule has 0 spiro atoms. The standard InChI is InChI=1S/C18H21N3O/c1-13-5-6-14(2)16(10-13)18(22)21-9-8-20-12-17(21)15-4-3-7-19-11-15/h3-7,10-11,17,20H,8-9,12H2,1-2H3. The molecule has 3 rings (SSSR count). The van der Waals surface area contributed by atoms with Gasteiger partial charge in [0.2, 0.25) is 0 Å². The lowest BCUT2D eigenvalue weighted by Gasteiger charge is -2.36. The van der Waals surface area contributed by atoms with Gasteiger partial charge >= 0.3 is 0 Å². The maximum atomic E-state index is 13.0. The first kappa shape index (κ1) is 14.7. The van der Waals surface area contributed by atoms with Gasteiger partial charge in [0.1, 0.15) is 0 Å². The van der Waals surface area contributed by atoms with Crippen LogP contribution in [0.5, 0.6) is 0 Å². The van der Waals surface area contributed by atoms with E-state index in [0.717, 1.165) is 35.3 Å². The molecule has 1 aliphatic rings. The summed E-state index contributed by atoms with van der Waals surface area (Å²) in [6.45, 7) is 6.32. The van der Waals surface area contributed by atoms with Crippen molar-refractivity contribution in [1.82, 2.24) is 15.2 Å². The van der Waals surface area contributed by atoms with E-state index in [1.165, 1.54) is 0 Å². The van der Waals surface area contributed by atoms with Crippen LogP contribution in [0.4, 0.5) is 0 Å². The van der Waals surface area contributed by atoms with Crippen LogP contribution < -0.4 is 5.32 Å². The van der Waals surface area contributed by atoms with Crippen molar-refractivity contribution >= 4 is 5.91 Å². The fourth-order valence-electron chi connectivity index (χ4n) is 2.94. The van der Waals surface area contributed by atoms with Gasteiger partial charge in [-0.25, -0.2) is 0 Å². The number of hydrogen-bond acceptors (Lipinski definition) is 3. The number of aromatic nitrogens is 1. The Kier molecular flexibility index (Phi) is 4.20. The Morgan fingerprint density at radius 3 is 2.95 bits per heavy atom. The van der Waals surface area contributed by atoms with Gasteiger partial charge in [0, 0.05) is 37.6 Å². The van der Waals surface area contributed by atoms with Gasteiger partial charge in [-0.1, -0.05) is 23.8 Å². The van der Waals surface area contributed by atoms with E-state index in [-0.39, 0.29) is 11.9 Å². The Balaban J connectivity index is 1.93.